The number of benzene rings is 3. The fourth-order valence-electron chi connectivity index (χ4n) is 3.76. The van der Waals surface area contributed by atoms with Crippen LogP contribution >= 0.6 is 23.2 Å². The molecule has 0 atom stereocenters. The molecule has 0 aliphatic carbocycles. The van der Waals surface area contributed by atoms with Gasteiger partial charge in [0.05, 0.1) is 21.0 Å². The Hall–Kier alpha value is -2.63. The molecule has 1 aliphatic heterocycles. The Kier molecular flexibility index (Phi) is 7.63. The first-order chi connectivity index (χ1) is 17.0. The first-order valence-electron chi connectivity index (χ1n) is 10.9. The van der Waals surface area contributed by atoms with Crippen molar-refractivity contribution in [3.05, 3.63) is 87.9 Å². The minimum atomic E-state index is -3.95. The van der Waals surface area contributed by atoms with Crippen molar-refractivity contribution in [2.75, 3.05) is 30.9 Å². The van der Waals surface area contributed by atoms with Gasteiger partial charge < -0.3 is 4.90 Å². The summed E-state index contributed by atoms with van der Waals surface area (Å²) in [5, 5.41) is 0.695. The number of carbonyl (C=O) groups is 1. The predicted molar refractivity (Wildman–Crippen MR) is 140 cm³/mol. The first kappa shape index (κ1) is 26.4. The molecule has 36 heavy (non-hydrogen) atoms. The van der Waals surface area contributed by atoms with E-state index in [1.807, 2.05) is 6.92 Å². The van der Waals surface area contributed by atoms with Gasteiger partial charge in [0.15, 0.2) is 0 Å². The summed E-state index contributed by atoms with van der Waals surface area (Å²) in [5.74, 6) is -0.456. The normalized spacial score (nSPS) is 15.0. The smallest absolute Gasteiger partial charge is 0.261 e. The number of carbonyl (C=O) groups excluding carboxylic acids is 1. The van der Waals surface area contributed by atoms with Crippen LogP contribution in [-0.2, 0) is 20.0 Å². The minimum absolute atomic E-state index is 0.0578. The third-order valence-electron chi connectivity index (χ3n) is 5.76. The summed E-state index contributed by atoms with van der Waals surface area (Å²) >= 11 is 12.0. The number of sulfonamides is 2. The maximum Gasteiger partial charge on any atom is 0.261 e. The highest BCUT2D eigenvalue weighted by Gasteiger charge is 2.31. The number of amides is 1. The van der Waals surface area contributed by atoms with Crippen molar-refractivity contribution in [3.8, 4) is 0 Å². The molecule has 4 rings (SSSR count). The van der Waals surface area contributed by atoms with Gasteiger partial charge in [-0.25, -0.2) is 16.8 Å². The molecule has 1 heterocycles. The molecule has 1 N–H and O–H groups in total. The molecule has 190 valence electrons. The topological polar surface area (TPSA) is 104 Å². The molecule has 0 spiro atoms. The van der Waals surface area contributed by atoms with Gasteiger partial charge in [0.1, 0.15) is 0 Å². The van der Waals surface area contributed by atoms with Crippen LogP contribution in [-0.4, -0.2) is 58.1 Å². The molecule has 8 nitrogen and oxygen atoms in total. The van der Waals surface area contributed by atoms with Crippen LogP contribution in [0.5, 0.6) is 0 Å². The molecular weight excluding hydrogens is 545 g/mol. The average Bonchev–Trinajstić information content (AvgIpc) is 2.85. The van der Waals surface area contributed by atoms with Gasteiger partial charge in [-0.05, 0) is 61.5 Å². The maximum absolute atomic E-state index is 13.4. The zero-order valence-corrected chi connectivity index (χ0v) is 22.3. The molecule has 1 amide bonds. The number of halogens is 2. The molecule has 1 saturated heterocycles. The molecule has 1 aliphatic rings. The Morgan fingerprint density at radius 2 is 1.33 bits per heavy atom. The van der Waals surface area contributed by atoms with E-state index in [-0.39, 0.29) is 52.2 Å². The summed E-state index contributed by atoms with van der Waals surface area (Å²) < 4.78 is 55.5. The minimum Gasteiger partial charge on any atom is -0.336 e. The fraction of sp³-hybridized carbons (Fsp3) is 0.208. The molecular formula is C24H23Cl2N3O5S2. The van der Waals surface area contributed by atoms with E-state index in [1.165, 1.54) is 63.8 Å². The molecule has 0 unspecified atom stereocenters. The second-order valence-electron chi connectivity index (χ2n) is 8.26. The summed E-state index contributed by atoms with van der Waals surface area (Å²) in [6, 6.07) is 16.5. The van der Waals surface area contributed by atoms with Crippen molar-refractivity contribution in [1.82, 2.24) is 9.21 Å². The number of anilines is 1. The second kappa shape index (κ2) is 10.4. The van der Waals surface area contributed by atoms with Crippen LogP contribution in [0.25, 0.3) is 0 Å². The Labute approximate surface area is 220 Å². The van der Waals surface area contributed by atoms with Crippen molar-refractivity contribution in [1.29, 1.82) is 0 Å². The highest BCUT2D eigenvalue weighted by Crippen LogP contribution is 2.27. The van der Waals surface area contributed by atoms with Gasteiger partial charge in [-0.15, -0.1) is 0 Å². The van der Waals surface area contributed by atoms with Gasteiger partial charge in [-0.1, -0.05) is 40.9 Å². The van der Waals surface area contributed by atoms with Gasteiger partial charge in [-0.2, -0.15) is 4.31 Å². The van der Waals surface area contributed by atoms with Crippen LogP contribution in [0.15, 0.2) is 76.5 Å². The highest BCUT2D eigenvalue weighted by molar-refractivity contribution is 7.92. The Balaban J connectivity index is 1.52. The predicted octanol–water partition coefficient (Wildman–Crippen LogP) is 4.25. The highest BCUT2D eigenvalue weighted by atomic mass is 35.5. The number of nitrogens with zero attached hydrogens (tertiary/aromatic N) is 2. The van der Waals surface area contributed by atoms with E-state index < -0.39 is 26.0 Å². The molecule has 1 fully saturated rings. The average molecular weight is 569 g/mol. The molecule has 0 radical (unpaired) electrons. The number of piperazine rings is 1. The van der Waals surface area contributed by atoms with Gasteiger partial charge in [0, 0.05) is 36.2 Å². The van der Waals surface area contributed by atoms with Crippen LogP contribution in [0.3, 0.4) is 0 Å². The third kappa shape index (κ3) is 5.68. The monoisotopic (exact) mass is 567 g/mol. The van der Waals surface area contributed by atoms with E-state index in [2.05, 4.69) is 4.72 Å². The van der Waals surface area contributed by atoms with Crippen LogP contribution < -0.4 is 4.72 Å². The summed E-state index contributed by atoms with van der Waals surface area (Å²) in [6.45, 7) is 2.27. The number of rotatable bonds is 6. The molecule has 0 saturated carbocycles. The summed E-state index contributed by atoms with van der Waals surface area (Å²) in [4.78, 5) is 15.0. The van der Waals surface area contributed by atoms with Crippen molar-refractivity contribution < 1.29 is 21.6 Å². The van der Waals surface area contributed by atoms with Crippen LogP contribution in [0.2, 0.25) is 10.0 Å². The summed E-state index contributed by atoms with van der Waals surface area (Å²) in [7, 11) is -7.69. The second-order valence-corrected chi connectivity index (χ2v) is 12.8. The molecule has 0 aromatic heterocycles. The van der Waals surface area contributed by atoms with Gasteiger partial charge in [0.2, 0.25) is 10.0 Å². The van der Waals surface area contributed by atoms with E-state index in [0.29, 0.717) is 5.02 Å². The van der Waals surface area contributed by atoms with Crippen LogP contribution in [0.4, 0.5) is 5.69 Å². The van der Waals surface area contributed by atoms with Gasteiger partial charge in [-0.3, -0.25) is 9.52 Å². The molecule has 3 aromatic rings. The van der Waals surface area contributed by atoms with Crippen molar-refractivity contribution in [2.24, 2.45) is 0 Å². The van der Waals surface area contributed by atoms with Crippen LogP contribution in [0, 0.1) is 6.92 Å². The van der Waals surface area contributed by atoms with Crippen molar-refractivity contribution >= 4 is 54.8 Å². The number of hydrogen-bond donors (Lipinski definition) is 1. The zero-order valence-electron chi connectivity index (χ0n) is 19.2. The number of aryl methyl sites for hydroxylation is 1. The number of hydrogen-bond acceptors (Lipinski definition) is 5. The van der Waals surface area contributed by atoms with E-state index in [4.69, 9.17) is 23.2 Å². The van der Waals surface area contributed by atoms with E-state index in [1.54, 1.807) is 12.1 Å². The Bertz CT molecular complexity index is 1490. The Morgan fingerprint density at radius 3 is 1.94 bits per heavy atom. The lowest BCUT2D eigenvalue weighted by atomic mass is 10.1. The largest absolute Gasteiger partial charge is 0.336 e. The maximum atomic E-state index is 13.4. The van der Waals surface area contributed by atoms with E-state index in [9.17, 15) is 21.6 Å². The third-order valence-corrected chi connectivity index (χ3v) is 9.55. The lowest BCUT2D eigenvalue weighted by Gasteiger charge is -2.34. The lowest BCUT2D eigenvalue weighted by Crippen LogP contribution is -2.50. The van der Waals surface area contributed by atoms with Gasteiger partial charge in [0.25, 0.3) is 15.9 Å². The van der Waals surface area contributed by atoms with Crippen LogP contribution in [0.1, 0.15) is 15.9 Å². The van der Waals surface area contributed by atoms with Crippen molar-refractivity contribution in [3.63, 3.8) is 0 Å². The number of nitrogens with one attached hydrogen (secondary N) is 1. The molecule has 12 heteroatoms. The lowest BCUT2D eigenvalue weighted by molar-refractivity contribution is 0.0699. The van der Waals surface area contributed by atoms with E-state index >= 15 is 0 Å². The SMILES string of the molecule is Cc1ccc(S(=O)(=O)Nc2ccc(Cl)cc2C(=O)N2CCN(S(=O)(=O)c3ccc(Cl)cc3)CC2)cc1. The Morgan fingerprint density at radius 1 is 0.778 bits per heavy atom. The molecule has 3 aromatic carbocycles. The zero-order chi connectivity index (χ0) is 26.1. The first-order valence-corrected chi connectivity index (χ1v) is 14.6. The van der Waals surface area contributed by atoms with Crippen molar-refractivity contribution in [2.45, 2.75) is 16.7 Å². The standard InChI is InChI=1S/C24H23Cl2N3O5S2/c1-17-2-7-20(8-3-17)35(31,32)27-23-11-6-19(26)16-22(23)24(30)28-12-14-29(15-13-28)36(33,34)21-9-4-18(25)5-10-21/h2-11,16,27H,12-15H2,1H3. The van der Waals surface area contributed by atoms with Gasteiger partial charge >= 0.3 is 0 Å². The summed E-state index contributed by atoms with van der Waals surface area (Å²) in [6.07, 6.45) is 0. The molecule has 0 bridgehead atoms. The summed E-state index contributed by atoms with van der Waals surface area (Å²) in [5.41, 5.74) is 1.07. The fourth-order valence-corrected chi connectivity index (χ4v) is 6.56. The quantitative estimate of drug-likeness (QED) is 0.479. The van der Waals surface area contributed by atoms with E-state index in [0.717, 1.165) is 5.56 Å².